The molecule has 1 heteroatoms. The highest BCUT2D eigenvalue weighted by Gasteiger charge is 2.37. The maximum Gasteiger partial charge on any atom is 0.120 e. The zero-order valence-corrected chi connectivity index (χ0v) is 16.1. The molecule has 0 bridgehead atoms. The van der Waals surface area contributed by atoms with Crippen LogP contribution in [-0.4, -0.2) is 5.94 Å². The fraction of sp³-hybridized carbons (Fsp3) is 0.417. The first-order chi connectivity index (χ1) is 11.7. The predicted molar refractivity (Wildman–Crippen MR) is 106 cm³/mol. The van der Waals surface area contributed by atoms with Gasteiger partial charge in [0.15, 0.2) is 0 Å². The predicted octanol–water partition coefficient (Wildman–Crippen LogP) is 5.94. The van der Waals surface area contributed by atoms with Crippen LogP contribution in [0.5, 0.6) is 0 Å². The lowest BCUT2D eigenvalue weighted by molar-refractivity contribution is 0.332. The summed E-state index contributed by atoms with van der Waals surface area (Å²) >= 11 is 0. The number of aryl methyl sites for hydroxylation is 1. The van der Waals surface area contributed by atoms with E-state index in [1.165, 1.54) is 40.7 Å². The van der Waals surface area contributed by atoms with Gasteiger partial charge in [-0.05, 0) is 64.0 Å². The van der Waals surface area contributed by atoms with Gasteiger partial charge in [0.1, 0.15) is 5.94 Å². The van der Waals surface area contributed by atoms with Gasteiger partial charge in [-0.2, -0.15) is 0 Å². The zero-order valence-electron chi connectivity index (χ0n) is 16.1. The first-order valence-corrected chi connectivity index (χ1v) is 9.19. The average molecular weight is 332 g/mol. The molecule has 0 aromatic heterocycles. The van der Waals surface area contributed by atoms with Crippen LogP contribution in [0.15, 0.2) is 42.5 Å². The molecule has 1 aliphatic carbocycles. The van der Waals surface area contributed by atoms with Crippen molar-refractivity contribution >= 4 is 5.94 Å². The van der Waals surface area contributed by atoms with Crippen molar-refractivity contribution in [2.24, 2.45) is 0 Å². The fourth-order valence-corrected chi connectivity index (χ4v) is 4.06. The zero-order chi connectivity index (χ0) is 18.2. The van der Waals surface area contributed by atoms with Crippen LogP contribution in [0.1, 0.15) is 62.8 Å². The third-order valence-electron chi connectivity index (χ3n) is 5.86. The summed E-state index contributed by atoms with van der Waals surface area (Å²) in [5.74, 6) is 1.87. The Morgan fingerprint density at radius 3 is 2.28 bits per heavy atom. The first kappa shape index (κ1) is 17.7. The van der Waals surface area contributed by atoms with Gasteiger partial charge in [0, 0.05) is 12.5 Å². The summed E-state index contributed by atoms with van der Waals surface area (Å²) in [6.45, 7) is 11.7. The first-order valence-electron chi connectivity index (χ1n) is 9.19. The van der Waals surface area contributed by atoms with E-state index in [0.29, 0.717) is 6.42 Å². The van der Waals surface area contributed by atoms with Crippen molar-refractivity contribution < 1.29 is 4.79 Å². The van der Waals surface area contributed by atoms with Crippen molar-refractivity contribution in [1.29, 1.82) is 0 Å². The highest BCUT2D eigenvalue weighted by molar-refractivity contribution is 5.71. The van der Waals surface area contributed by atoms with Crippen molar-refractivity contribution in [3.63, 3.8) is 0 Å². The lowest BCUT2D eigenvalue weighted by Crippen LogP contribution is -2.34. The molecule has 2 aromatic rings. The Morgan fingerprint density at radius 2 is 1.64 bits per heavy atom. The van der Waals surface area contributed by atoms with Crippen LogP contribution >= 0.6 is 0 Å². The second-order valence-electron chi connectivity index (χ2n) is 8.71. The van der Waals surface area contributed by atoms with Gasteiger partial charge in [-0.1, -0.05) is 64.1 Å². The van der Waals surface area contributed by atoms with Crippen LogP contribution in [0.25, 0.3) is 11.1 Å². The molecule has 1 aliphatic rings. The van der Waals surface area contributed by atoms with E-state index in [4.69, 9.17) is 0 Å². The molecular formula is C24H28O. The maximum atomic E-state index is 10.5. The van der Waals surface area contributed by atoms with E-state index in [9.17, 15) is 4.79 Å². The Morgan fingerprint density at radius 1 is 1.00 bits per heavy atom. The number of rotatable bonds is 3. The van der Waals surface area contributed by atoms with Crippen LogP contribution in [0.3, 0.4) is 0 Å². The minimum atomic E-state index is 0.213. The molecule has 0 aliphatic heterocycles. The number of fused-ring (bicyclic) bond motifs is 1. The third kappa shape index (κ3) is 3.34. The van der Waals surface area contributed by atoms with Gasteiger partial charge in [0.25, 0.3) is 0 Å². The molecule has 0 saturated carbocycles. The van der Waals surface area contributed by atoms with Gasteiger partial charge in [0.2, 0.25) is 0 Å². The third-order valence-corrected chi connectivity index (χ3v) is 5.86. The minimum absolute atomic E-state index is 0.213. The van der Waals surface area contributed by atoms with E-state index < -0.39 is 0 Å². The SMILES string of the molecule is Cc1cc2c(cc1-c1cccc(CC=C=O)c1)C(C)(C)CCC2(C)C. The second-order valence-corrected chi connectivity index (χ2v) is 8.71. The van der Waals surface area contributed by atoms with Crippen LogP contribution in [0.2, 0.25) is 0 Å². The molecule has 2 aromatic carbocycles. The van der Waals surface area contributed by atoms with Crippen molar-refractivity contribution in [3.8, 4) is 11.1 Å². The quantitative estimate of drug-likeness (QED) is 0.636. The Balaban J connectivity index is 2.15. The fourth-order valence-electron chi connectivity index (χ4n) is 4.06. The van der Waals surface area contributed by atoms with Crippen molar-refractivity contribution in [1.82, 2.24) is 0 Å². The molecule has 3 rings (SSSR count). The van der Waals surface area contributed by atoms with Crippen LogP contribution in [-0.2, 0) is 22.0 Å². The lowest BCUT2D eigenvalue weighted by atomic mass is 9.62. The number of hydrogen-bond donors (Lipinski definition) is 0. The summed E-state index contributed by atoms with van der Waals surface area (Å²) in [5.41, 5.74) is 8.46. The Labute approximate surface area is 151 Å². The van der Waals surface area contributed by atoms with Crippen molar-refractivity contribution in [3.05, 3.63) is 64.7 Å². The molecule has 0 atom stereocenters. The van der Waals surface area contributed by atoms with Gasteiger partial charge in [-0.3, -0.25) is 0 Å². The van der Waals surface area contributed by atoms with Gasteiger partial charge in [0.05, 0.1) is 0 Å². The minimum Gasteiger partial charge on any atom is -0.234 e. The van der Waals surface area contributed by atoms with E-state index in [0.717, 1.165) is 5.56 Å². The number of allylic oxidation sites excluding steroid dienone is 1. The molecule has 0 fully saturated rings. The summed E-state index contributed by atoms with van der Waals surface area (Å²) in [7, 11) is 0. The molecule has 25 heavy (non-hydrogen) atoms. The molecule has 0 radical (unpaired) electrons. The smallest absolute Gasteiger partial charge is 0.120 e. The molecular weight excluding hydrogens is 304 g/mol. The van der Waals surface area contributed by atoms with Gasteiger partial charge in [-0.15, -0.1) is 0 Å². The van der Waals surface area contributed by atoms with E-state index in [1.807, 2.05) is 5.94 Å². The molecule has 0 N–H and O–H groups in total. The summed E-state index contributed by atoms with van der Waals surface area (Å²) in [4.78, 5) is 10.5. The van der Waals surface area contributed by atoms with Gasteiger partial charge >= 0.3 is 0 Å². The molecule has 1 nitrogen and oxygen atoms in total. The molecule has 0 unspecified atom stereocenters. The number of carbonyl (C=O) groups excluding carboxylic acids is 1. The van der Waals surface area contributed by atoms with Crippen LogP contribution < -0.4 is 0 Å². The highest BCUT2D eigenvalue weighted by Crippen LogP contribution is 2.47. The van der Waals surface area contributed by atoms with E-state index in [2.05, 4.69) is 71.0 Å². The molecule has 0 heterocycles. The largest absolute Gasteiger partial charge is 0.234 e. The Bertz CT molecular complexity index is 848. The van der Waals surface area contributed by atoms with E-state index >= 15 is 0 Å². The average Bonchev–Trinajstić information content (AvgIpc) is 2.57. The number of benzene rings is 2. The standard InChI is InChI=1S/C24H28O/c1-17-14-21-22(24(4,5)12-11-23(21,2)3)16-20(17)19-10-6-8-18(15-19)9-7-13-25/h6-8,10,14-16H,9,11-12H2,1-5H3. The van der Waals surface area contributed by atoms with Crippen LogP contribution in [0, 0.1) is 6.92 Å². The van der Waals surface area contributed by atoms with Crippen molar-refractivity contribution in [2.75, 3.05) is 0 Å². The molecule has 0 spiro atoms. The highest BCUT2D eigenvalue weighted by atomic mass is 16.1. The molecule has 130 valence electrons. The summed E-state index contributed by atoms with van der Waals surface area (Å²) in [5, 5.41) is 0. The van der Waals surface area contributed by atoms with E-state index in [-0.39, 0.29) is 10.8 Å². The number of hydrogen-bond acceptors (Lipinski definition) is 1. The molecule has 0 saturated heterocycles. The Hall–Kier alpha value is -2.11. The van der Waals surface area contributed by atoms with Gasteiger partial charge < -0.3 is 0 Å². The maximum absolute atomic E-state index is 10.5. The summed E-state index contributed by atoms with van der Waals surface area (Å²) < 4.78 is 0. The summed E-state index contributed by atoms with van der Waals surface area (Å²) in [6, 6.07) is 13.3. The normalized spacial score (nSPS) is 17.5. The van der Waals surface area contributed by atoms with Gasteiger partial charge in [-0.25, -0.2) is 4.79 Å². The van der Waals surface area contributed by atoms with Crippen molar-refractivity contribution in [2.45, 2.75) is 64.7 Å². The Kier molecular flexibility index (Phi) is 4.47. The molecule has 0 amide bonds. The second kappa shape index (κ2) is 6.32. The van der Waals surface area contributed by atoms with E-state index in [1.54, 1.807) is 6.08 Å². The monoisotopic (exact) mass is 332 g/mol. The summed E-state index contributed by atoms with van der Waals surface area (Å²) in [6.07, 6.45) is 4.64. The van der Waals surface area contributed by atoms with Crippen LogP contribution in [0.4, 0.5) is 0 Å². The topological polar surface area (TPSA) is 17.1 Å². The lowest BCUT2D eigenvalue weighted by Gasteiger charge is -2.42.